The number of unbranched alkanes of at least 4 members (excludes halogenated alkanes) is 5. The van der Waals surface area contributed by atoms with Crippen LogP contribution in [0.2, 0.25) is 0 Å². The zero-order chi connectivity index (χ0) is 14.0. The Balaban J connectivity index is 3.52. The average molecular weight is 254 g/mol. The summed E-state index contributed by atoms with van der Waals surface area (Å²) < 4.78 is 0. The van der Waals surface area contributed by atoms with Gasteiger partial charge in [0.05, 0.1) is 0 Å². The summed E-state index contributed by atoms with van der Waals surface area (Å²) in [6.45, 7) is 1.93. The normalized spacial score (nSPS) is 10.4. The molecule has 0 heterocycles. The van der Waals surface area contributed by atoms with Crippen LogP contribution in [0.15, 0.2) is 36.5 Å². The number of hydrogen-bond acceptors (Lipinski definition) is 1. The largest absolute Gasteiger partial charge is 0.303 e. The third kappa shape index (κ3) is 16.0. The molecule has 0 aliphatic rings. The quantitative estimate of drug-likeness (QED) is 0.274. The number of aldehydes is 1. The Kier molecular flexibility index (Phi) is 14.3. The lowest BCUT2D eigenvalue weighted by Crippen LogP contribution is -1.78. The van der Waals surface area contributed by atoms with Crippen LogP contribution in [0.5, 0.6) is 0 Å². The average Bonchev–Trinajstić information content (AvgIpc) is 2.43. The first kappa shape index (κ1) is 17.0. The highest BCUT2D eigenvalue weighted by atomic mass is 16.1. The van der Waals surface area contributed by atoms with Gasteiger partial charge in [0.25, 0.3) is 0 Å². The van der Waals surface area contributed by atoms with Gasteiger partial charge < -0.3 is 4.79 Å². The lowest BCUT2D eigenvalue weighted by Gasteiger charge is -1.94. The first-order chi connectivity index (χ1) is 9.41. The van der Waals surface area contributed by atoms with Crippen molar-refractivity contribution >= 4 is 6.29 Å². The van der Waals surface area contributed by atoms with Crippen LogP contribution in [0.3, 0.4) is 0 Å². The smallest absolute Gasteiger partial charge is 0.119 e. The van der Waals surface area contributed by atoms with E-state index in [1.54, 1.807) is 12.2 Å². The maximum absolute atomic E-state index is 10.1. The molecule has 1 heteroatoms. The molecule has 0 spiro atoms. The number of rotatable bonds is 8. The highest BCUT2D eigenvalue weighted by Gasteiger charge is 1.87. The third-order valence-corrected chi connectivity index (χ3v) is 2.33. The molecule has 0 radical (unpaired) electrons. The minimum absolute atomic E-state index is 0.703. The zero-order valence-corrected chi connectivity index (χ0v) is 11.7. The molecule has 0 saturated carbocycles. The van der Waals surface area contributed by atoms with Crippen molar-refractivity contribution in [3.63, 3.8) is 0 Å². The van der Waals surface area contributed by atoms with Gasteiger partial charge in [-0.3, -0.25) is 0 Å². The van der Waals surface area contributed by atoms with E-state index in [0.717, 1.165) is 25.5 Å². The summed E-state index contributed by atoms with van der Waals surface area (Å²) in [4.78, 5) is 10.1. The van der Waals surface area contributed by atoms with Crippen molar-refractivity contribution in [2.45, 2.75) is 45.4 Å². The highest BCUT2D eigenvalue weighted by molar-refractivity contribution is 5.48. The van der Waals surface area contributed by atoms with Gasteiger partial charge in [-0.1, -0.05) is 49.0 Å². The maximum atomic E-state index is 10.1. The first-order valence-corrected chi connectivity index (χ1v) is 6.79. The molecule has 0 aromatic heterocycles. The Morgan fingerprint density at radius 3 is 2.21 bits per heavy atom. The van der Waals surface area contributed by atoms with E-state index >= 15 is 0 Å². The molecule has 0 aliphatic carbocycles. The molecule has 0 unspecified atom stereocenters. The highest BCUT2D eigenvalue weighted by Crippen LogP contribution is 2.04. The van der Waals surface area contributed by atoms with Crippen LogP contribution in [0.1, 0.15) is 45.4 Å². The van der Waals surface area contributed by atoms with Gasteiger partial charge >= 0.3 is 0 Å². The van der Waals surface area contributed by atoms with Crippen LogP contribution in [0.4, 0.5) is 0 Å². The van der Waals surface area contributed by atoms with Crippen LogP contribution in [0.25, 0.3) is 0 Å². The van der Waals surface area contributed by atoms with E-state index in [-0.39, 0.29) is 0 Å². The van der Waals surface area contributed by atoms with E-state index in [1.807, 2.05) is 25.2 Å². The molecule has 0 aliphatic heterocycles. The lowest BCUT2D eigenvalue weighted by molar-refractivity contribution is -0.107. The fourth-order valence-electron chi connectivity index (χ4n) is 1.36. The summed E-state index contributed by atoms with van der Waals surface area (Å²) in [6, 6.07) is 0. The van der Waals surface area contributed by atoms with E-state index in [4.69, 9.17) is 0 Å². The molecule has 0 rings (SSSR count). The predicted octanol–water partition coefficient (Wildman–Crippen LogP) is 4.22. The molecule has 0 bridgehead atoms. The van der Waals surface area contributed by atoms with Gasteiger partial charge in [0.1, 0.15) is 6.29 Å². The predicted molar refractivity (Wildman–Crippen MR) is 82.4 cm³/mol. The molecule has 0 amide bonds. The van der Waals surface area contributed by atoms with E-state index in [0.29, 0.717) is 6.42 Å². The third-order valence-electron chi connectivity index (χ3n) is 2.33. The van der Waals surface area contributed by atoms with E-state index < -0.39 is 0 Å². The molecule has 100 valence electrons. The SMILES string of the molecule is CC=CC#CC#CC=CC=CCCCCCCC=O. The van der Waals surface area contributed by atoms with Gasteiger partial charge in [-0.25, -0.2) is 0 Å². The Morgan fingerprint density at radius 2 is 1.53 bits per heavy atom. The summed E-state index contributed by atoms with van der Waals surface area (Å²) in [5, 5.41) is 0. The molecule has 1 nitrogen and oxygen atoms in total. The van der Waals surface area contributed by atoms with E-state index in [2.05, 4.69) is 29.8 Å². The molecule has 19 heavy (non-hydrogen) atoms. The Bertz CT molecular complexity index is 416. The molecule has 0 atom stereocenters. The van der Waals surface area contributed by atoms with E-state index in [9.17, 15) is 4.79 Å². The second kappa shape index (κ2) is 16.0. The molecule has 0 fully saturated rings. The minimum Gasteiger partial charge on any atom is -0.303 e. The molecule has 0 aromatic rings. The topological polar surface area (TPSA) is 17.1 Å². The standard InChI is InChI=1S/C18H22O/c1-2-3-4-5-6-7-8-9-10-11-12-13-14-15-16-17-18-19/h2-3,8-11,18H,12-17H2,1H3. The van der Waals surface area contributed by atoms with Crippen LogP contribution >= 0.6 is 0 Å². The summed E-state index contributed by atoms with van der Waals surface area (Å²) in [6.07, 6.45) is 18.9. The summed E-state index contributed by atoms with van der Waals surface area (Å²) in [5.74, 6) is 11.1. The lowest BCUT2D eigenvalue weighted by atomic mass is 10.1. The van der Waals surface area contributed by atoms with Gasteiger partial charge in [0, 0.05) is 6.42 Å². The van der Waals surface area contributed by atoms with Crippen molar-refractivity contribution < 1.29 is 4.79 Å². The van der Waals surface area contributed by atoms with Crippen molar-refractivity contribution in [1.82, 2.24) is 0 Å². The van der Waals surface area contributed by atoms with Crippen LogP contribution < -0.4 is 0 Å². The van der Waals surface area contributed by atoms with Crippen LogP contribution in [0, 0.1) is 23.7 Å². The van der Waals surface area contributed by atoms with Crippen molar-refractivity contribution in [2.75, 3.05) is 0 Å². The molecular formula is C18H22O. The van der Waals surface area contributed by atoms with Gasteiger partial charge in [0.2, 0.25) is 0 Å². The van der Waals surface area contributed by atoms with Crippen molar-refractivity contribution in [1.29, 1.82) is 0 Å². The molecule has 0 N–H and O–H groups in total. The number of carbonyl (C=O) groups excluding carboxylic acids is 1. The van der Waals surface area contributed by atoms with Crippen LogP contribution in [-0.4, -0.2) is 6.29 Å². The van der Waals surface area contributed by atoms with Crippen molar-refractivity contribution in [2.24, 2.45) is 0 Å². The first-order valence-electron chi connectivity index (χ1n) is 6.79. The summed E-state index contributed by atoms with van der Waals surface area (Å²) in [5.41, 5.74) is 0. The maximum Gasteiger partial charge on any atom is 0.119 e. The fraction of sp³-hybridized carbons (Fsp3) is 0.389. The molecular weight excluding hydrogens is 232 g/mol. The molecule has 0 aromatic carbocycles. The number of allylic oxidation sites excluding steroid dienone is 6. The molecule has 0 saturated heterocycles. The Morgan fingerprint density at radius 1 is 0.842 bits per heavy atom. The van der Waals surface area contributed by atoms with Gasteiger partial charge in [-0.15, -0.1) is 0 Å². The Labute approximate surface area is 117 Å². The Hall–Kier alpha value is -1.99. The number of carbonyl (C=O) groups is 1. The minimum atomic E-state index is 0.703. The second-order valence-electron chi connectivity index (χ2n) is 3.98. The zero-order valence-electron chi connectivity index (χ0n) is 11.7. The van der Waals surface area contributed by atoms with Crippen LogP contribution in [-0.2, 0) is 4.79 Å². The van der Waals surface area contributed by atoms with Crippen molar-refractivity contribution in [3.8, 4) is 23.7 Å². The number of hydrogen-bond donors (Lipinski definition) is 0. The van der Waals surface area contributed by atoms with Gasteiger partial charge in [0.15, 0.2) is 0 Å². The van der Waals surface area contributed by atoms with Gasteiger partial charge in [-0.2, -0.15) is 0 Å². The second-order valence-corrected chi connectivity index (χ2v) is 3.98. The monoisotopic (exact) mass is 254 g/mol. The van der Waals surface area contributed by atoms with Gasteiger partial charge in [-0.05, 0) is 50.2 Å². The summed E-state index contributed by atoms with van der Waals surface area (Å²) in [7, 11) is 0. The summed E-state index contributed by atoms with van der Waals surface area (Å²) >= 11 is 0. The fourth-order valence-corrected chi connectivity index (χ4v) is 1.36. The van der Waals surface area contributed by atoms with E-state index in [1.165, 1.54) is 12.8 Å². The van der Waals surface area contributed by atoms with Crippen molar-refractivity contribution in [3.05, 3.63) is 36.5 Å².